The maximum Gasteiger partial charge on any atom is 0.257 e. The van der Waals surface area contributed by atoms with Crippen molar-refractivity contribution in [3.63, 3.8) is 0 Å². The third-order valence-corrected chi connectivity index (χ3v) is 5.68. The van der Waals surface area contributed by atoms with Crippen LogP contribution in [0.3, 0.4) is 0 Å². The Bertz CT molecular complexity index is 773. The average Bonchev–Trinajstić information content (AvgIpc) is 3.23. The lowest BCUT2D eigenvalue weighted by atomic mass is 10.1. The Hall–Kier alpha value is -2.19. The minimum atomic E-state index is -0.222. The van der Waals surface area contributed by atoms with Crippen LogP contribution < -0.4 is 5.32 Å². The lowest BCUT2D eigenvalue weighted by Gasteiger charge is -2.15. The van der Waals surface area contributed by atoms with Gasteiger partial charge in [0.15, 0.2) is 4.34 Å². The zero-order chi connectivity index (χ0) is 17.6. The predicted octanol–water partition coefficient (Wildman–Crippen LogP) is 3.19. The van der Waals surface area contributed by atoms with Crippen LogP contribution in [0.4, 0.5) is 5.13 Å². The lowest BCUT2D eigenvalue weighted by Crippen LogP contribution is -2.23. The Morgan fingerprint density at radius 1 is 1.36 bits per heavy atom. The van der Waals surface area contributed by atoms with Crippen LogP contribution in [0.2, 0.25) is 0 Å². The number of thioether (sulfide) groups is 1. The molecule has 6 nitrogen and oxygen atoms in total. The van der Waals surface area contributed by atoms with Crippen molar-refractivity contribution >= 4 is 40.0 Å². The molecule has 0 radical (unpaired) electrons. The molecular formula is C17H18N4O2S2. The summed E-state index contributed by atoms with van der Waals surface area (Å²) in [6.45, 7) is 5.07. The van der Waals surface area contributed by atoms with Gasteiger partial charge in [0.2, 0.25) is 11.0 Å². The van der Waals surface area contributed by atoms with Crippen molar-refractivity contribution in [2.45, 2.75) is 23.7 Å². The van der Waals surface area contributed by atoms with E-state index in [0.29, 0.717) is 23.7 Å². The van der Waals surface area contributed by atoms with E-state index < -0.39 is 0 Å². The van der Waals surface area contributed by atoms with Crippen LogP contribution >= 0.6 is 23.1 Å². The second-order valence-corrected chi connectivity index (χ2v) is 7.79. The third kappa shape index (κ3) is 4.67. The van der Waals surface area contributed by atoms with Crippen LogP contribution in [0, 0.1) is 0 Å². The molecule has 1 aromatic carbocycles. The molecule has 0 atom stereocenters. The van der Waals surface area contributed by atoms with Crippen molar-refractivity contribution in [2.24, 2.45) is 0 Å². The Morgan fingerprint density at radius 3 is 2.84 bits per heavy atom. The number of hydrogen-bond acceptors (Lipinski definition) is 6. The highest BCUT2D eigenvalue weighted by molar-refractivity contribution is 8.01. The standard InChI is InChI=1S/C17H18N4O2S2/c1-2-10-24-17-20-19-16(25-17)18-15(23)13-7-5-12(6-8-13)11-21-9-3-4-14(21)22/h2,5-8H,1,3-4,9-11H2,(H,18,19,23). The second kappa shape index (κ2) is 8.26. The van der Waals surface area contributed by atoms with Crippen LogP contribution in [0.15, 0.2) is 41.3 Å². The van der Waals surface area contributed by atoms with E-state index in [1.807, 2.05) is 17.0 Å². The fourth-order valence-electron chi connectivity index (χ4n) is 2.47. The molecule has 25 heavy (non-hydrogen) atoms. The van der Waals surface area contributed by atoms with Gasteiger partial charge in [0, 0.05) is 30.8 Å². The third-order valence-electron chi connectivity index (χ3n) is 3.71. The van der Waals surface area contributed by atoms with Crippen molar-refractivity contribution in [1.82, 2.24) is 15.1 Å². The minimum absolute atomic E-state index is 0.197. The van der Waals surface area contributed by atoms with Gasteiger partial charge in [-0.25, -0.2) is 0 Å². The van der Waals surface area contributed by atoms with Gasteiger partial charge in [0.1, 0.15) is 0 Å². The molecule has 2 heterocycles. The molecule has 0 aliphatic carbocycles. The predicted molar refractivity (Wildman–Crippen MR) is 99.9 cm³/mol. The summed E-state index contributed by atoms with van der Waals surface area (Å²) in [4.78, 5) is 25.8. The Morgan fingerprint density at radius 2 is 2.16 bits per heavy atom. The molecule has 3 rings (SSSR count). The summed E-state index contributed by atoms with van der Waals surface area (Å²) in [5.41, 5.74) is 1.57. The van der Waals surface area contributed by atoms with E-state index in [-0.39, 0.29) is 11.8 Å². The number of nitrogens with one attached hydrogen (secondary N) is 1. The zero-order valence-electron chi connectivity index (χ0n) is 13.6. The quantitative estimate of drug-likeness (QED) is 0.458. The van der Waals surface area contributed by atoms with Crippen LogP contribution in [-0.4, -0.2) is 39.2 Å². The molecule has 2 amide bonds. The first-order valence-electron chi connectivity index (χ1n) is 7.91. The van der Waals surface area contributed by atoms with Crippen LogP contribution in [0.1, 0.15) is 28.8 Å². The molecule has 0 saturated carbocycles. The minimum Gasteiger partial charge on any atom is -0.338 e. The number of carbonyl (C=O) groups excluding carboxylic acids is 2. The van der Waals surface area contributed by atoms with Crippen LogP contribution in [0.5, 0.6) is 0 Å². The molecular weight excluding hydrogens is 356 g/mol. The first-order valence-corrected chi connectivity index (χ1v) is 9.71. The van der Waals surface area contributed by atoms with Crippen molar-refractivity contribution < 1.29 is 9.59 Å². The second-order valence-electron chi connectivity index (χ2n) is 5.54. The highest BCUT2D eigenvalue weighted by Crippen LogP contribution is 2.25. The number of likely N-dealkylation sites (tertiary alicyclic amines) is 1. The van der Waals surface area contributed by atoms with Gasteiger partial charge >= 0.3 is 0 Å². The molecule has 0 spiro atoms. The first-order chi connectivity index (χ1) is 12.2. The van der Waals surface area contributed by atoms with Crippen molar-refractivity contribution in [1.29, 1.82) is 0 Å². The fourth-order valence-corrected chi connectivity index (χ4v) is 3.98. The molecule has 2 aromatic rings. The van der Waals surface area contributed by atoms with E-state index >= 15 is 0 Å². The highest BCUT2D eigenvalue weighted by atomic mass is 32.2. The number of carbonyl (C=O) groups is 2. The molecule has 130 valence electrons. The number of nitrogens with zero attached hydrogens (tertiary/aromatic N) is 3. The maximum atomic E-state index is 12.3. The van der Waals surface area contributed by atoms with Gasteiger partial charge in [-0.3, -0.25) is 14.9 Å². The summed E-state index contributed by atoms with van der Waals surface area (Å²) in [6, 6.07) is 7.29. The highest BCUT2D eigenvalue weighted by Gasteiger charge is 2.20. The maximum absolute atomic E-state index is 12.3. The van der Waals surface area contributed by atoms with Crippen molar-refractivity contribution in [3.8, 4) is 0 Å². The summed E-state index contributed by atoms with van der Waals surface area (Å²) in [5.74, 6) is 0.729. The average molecular weight is 374 g/mol. The molecule has 1 aromatic heterocycles. The number of amides is 2. The molecule has 1 aliphatic rings. The number of rotatable bonds is 7. The van der Waals surface area contributed by atoms with Crippen LogP contribution in [0.25, 0.3) is 0 Å². The van der Waals surface area contributed by atoms with Gasteiger partial charge in [-0.05, 0) is 24.1 Å². The van der Waals surface area contributed by atoms with Gasteiger partial charge in [-0.1, -0.05) is 41.3 Å². The molecule has 1 aliphatic heterocycles. The number of anilines is 1. The summed E-state index contributed by atoms with van der Waals surface area (Å²) in [5, 5.41) is 11.2. The van der Waals surface area contributed by atoms with Crippen LogP contribution in [-0.2, 0) is 11.3 Å². The zero-order valence-corrected chi connectivity index (χ0v) is 15.2. The van der Waals surface area contributed by atoms with E-state index in [0.717, 1.165) is 28.6 Å². The largest absolute Gasteiger partial charge is 0.338 e. The molecule has 8 heteroatoms. The van der Waals surface area contributed by atoms with Gasteiger partial charge < -0.3 is 4.90 Å². The fraction of sp³-hybridized carbons (Fsp3) is 0.294. The van der Waals surface area contributed by atoms with Gasteiger partial charge in [-0.15, -0.1) is 16.8 Å². The molecule has 1 N–H and O–H groups in total. The monoisotopic (exact) mass is 374 g/mol. The summed E-state index contributed by atoms with van der Waals surface area (Å²) in [6.07, 6.45) is 3.35. The Kier molecular flexibility index (Phi) is 5.83. The molecule has 0 bridgehead atoms. The summed E-state index contributed by atoms with van der Waals surface area (Å²) >= 11 is 2.86. The topological polar surface area (TPSA) is 75.2 Å². The SMILES string of the molecule is C=CCSc1nnc(NC(=O)c2ccc(CN3CCCC3=O)cc2)s1. The normalized spacial score (nSPS) is 13.9. The van der Waals surface area contributed by atoms with Gasteiger partial charge in [0.05, 0.1) is 0 Å². The van der Waals surface area contributed by atoms with E-state index in [4.69, 9.17) is 0 Å². The lowest BCUT2D eigenvalue weighted by molar-refractivity contribution is -0.128. The summed E-state index contributed by atoms with van der Waals surface area (Å²) < 4.78 is 0.792. The van der Waals surface area contributed by atoms with Crippen molar-refractivity contribution in [2.75, 3.05) is 17.6 Å². The first kappa shape index (κ1) is 17.6. The smallest absolute Gasteiger partial charge is 0.257 e. The molecule has 0 unspecified atom stereocenters. The van der Waals surface area contributed by atoms with Crippen molar-refractivity contribution in [3.05, 3.63) is 48.0 Å². The number of aromatic nitrogens is 2. The Labute approximate surface area is 154 Å². The Balaban J connectivity index is 1.57. The van der Waals surface area contributed by atoms with Gasteiger partial charge in [0.25, 0.3) is 5.91 Å². The van der Waals surface area contributed by atoms with E-state index in [1.54, 1.807) is 18.2 Å². The van der Waals surface area contributed by atoms with E-state index in [1.165, 1.54) is 23.1 Å². The van der Waals surface area contributed by atoms with Gasteiger partial charge in [-0.2, -0.15) is 0 Å². The van der Waals surface area contributed by atoms with E-state index in [2.05, 4.69) is 22.1 Å². The molecule has 1 fully saturated rings. The number of hydrogen-bond donors (Lipinski definition) is 1. The van der Waals surface area contributed by atoms with E-state index in [9.17, 15) is 9.59 Å². The number of benzene rings is 1. The molecule has 1 saturated heterocycles. The summed E-state index contributed by atoms with van der Waals surface area (Å²) in [7, 11) is 0.